The average Bonchev–Trinajstić information content (AvgIpc) is 2.20. The van der Waals surface area contributed by atoms with Gasteiger partial charge < -0.3 is 0 Å². The van der Waals surface area contributed by atoms with Gasteiger partial charge in [0.25, 0.3) is 0 Å². The molecule has 0 aromatic carbocycles. The topological polar surface area (TPSA) is 0 Å². The fourth-order valence-electron chi connectivity index (χ4n) is 0.842. The van der Waals surface area contributed by atoms with E-state index in [4.69, 9.17) is 12.8 Å². The van der Waals surface area contributed by atoms with Gasteiger partial charge in [0.1, 0.15) is 16.1 Å². The van der Waals surface area contributed by atoms with Crippen LogP contribution in [-0.2, 0) is 0 Å². The van der Waals surface area contributed by atoms with E-state index in [1.807, 2.05) is 0 Å². The summed E-state index contributed by atoms with van der Waals surface area (Å²) in [6.45, 7) is 13.0. The molecule has 0 aromatic rings. The van der Waals surface area contributed by atoms with Crippen molar-refractivity contribution in [2.45, 2.75) is 39.3 Å². The van der Waals surface area contributed by atoms with Crippen LogP contribution in [0.5, 0.6) is 0 Å². The minimum Gasteiger partial charge on any atom is -0.126 e. The quantitative estimate of drug-likeness (QED) is 0.467. The van der Waals surface area contributed by atoms with Crippen molar-refractivity contribution in [3.05, 3.63) is 11.1 Å². The fourth-order valence-corrected chi connectivity index (χ4v) is 1.84. The lowest BCUT2D eigenvalue weighted by Crippen LogP contribution is -2.16. The molecule has 0 spiro atoms. The highest BCUT2D eigenvalue weighted by atomic mass is 28.3. The van der Waals surface area contributed by atoms with Gasteiger partial charge in [0.15, 0.2) is 0 Å². The molecule has 0 amide bonds. The summed E-state index contributed by atoms with van der Waals surface area (Å²) in [6.07, 6.45) is 10.9. The highest BCUT2D eigenvalue weighted by Crippen LogP contribution is 2.05. The van der Waals surface area contributed by atoms with Crippen molar-refractivity contribution in [2.24, 2.45) is 0 Å². The van der Waals surface area contributed by atoms with Crippen LogP contribution in [0.25, 0.3) is 0 Å². The molecule has 0 fully saturated rings. The molecule has 0 saturated heterocycles. The number of hydrogen-bond acceptors (Lipinski definition) is 0. The zero-order chi connectivity index (χ0) is 14.4. The lowest BCUT2D eigenvalue weighted by atomic mass is 10.1. The maximum atomic E-state index is 5.47. The van der Waals surface area contributed by atoms with Crippen LogP contribution in [0.4, 0.5) is 0 Å². The number of hydrogen-bond donors (Lipinski definition) is 0. The Morgan fingerprint density at radius 2 is 0.944 bits per heavy atom. The second kappa shape index (κ2) is 6.37. The van der Waals surface area contributed by atoms with Gasteiger partial charge >= 0.3 is 0 Å². The molecule has 0 aliphatic heterocycles. The van der Waals surface area contributed by atoms with Crippen LogP contribution in [0.2, 0.25) is 39.3 Å². The zero-order valence-electron chi connectivity index (χ0n) is 12.2. The molecule has 0 nitrogen and oxygen atoms in total. The van der Waals surface area contributed by atoms with Gasteiger partial charge in [0.05, 0.1) is 11.1 Å². The largest absolute Gasteiger partial charge is 0.129 e. The highest BCUT2D eigenvalue weighted by Gasteiger charge is 2.09. The summed E-state index contributed by atoms with van der Waals surface area (Å²) in [5.41, 5.74) is 7.54. The SMILES string of the molecule is C#C/C(C#C[Si](C)(C)C)=C(\C#C)C#C[Si](C)(C)C. The first-order chi connectivity index (χ1) is 8.09. The van der Waals surface area contributed by atoms with Gasteiger partial charge in [-0.2, -0.15) is 0 Å². The molecule has 0 rings (SSSR count). The third kappa shape index (κ3) is 7.65. The Kier molecular flexibility index (Phi) is 5.81. The van der Waals surface area contributed by atoms with Crippen LogP contribution >= 0.6 is 0 Å². The Hall–Kier alpha value is -1.59. The molecule has 0 N–H and O–H groups in total. The molecule has 0 heterocycles. The van der Waals surface area contributed by atoms with Crippen molar-refractivity contribution < 1.29 is 0 Å². The van der Waals surface area contributed by atoms with E-state index in [9.17, 15) is 0 Å². The molecule has 0 atom stereocenters. The number of terminal acetylenes is 2. The van der Waals surface area contributed by atoms with Crippen molar-refractivity contribution >= 4 is 16.1 Å². The summed E-state index contributed by atoms with van der Waals surface area (Å²) < 4.78 is 0. The van der Waals surface area contributed by atoms with Gasteiger partial charge in [-0.15, -0.1) is 23.9 Å². The summed E-state index contributed by atoms with van der Waals surface area (Å²) in [4.78, 5) is 0. The molecule has 0 aliphatic carbocycles. The number of rotatable bonds is 0. The van der Waals surface area contributed by atoms with Crippen molar-refractivity contribution in [1.29, 1.82) is 0 Å². The van der Waals surface area contributed by atoms with Crippen LogP contribution < -0.4 is 0 Å². The van der Waals surface area contributed by atoms with Crippen LogP contribution in [0, 0.1) is 47.6 Å². The highest BCUT2D eigenvalue weighted by molar-refractivity contribution is 6.84. The Labute approximate surface area is 114 Å². The molecule has 0 unspecified atom stereocenters. The lowest BCUT2D eigenvalue weighted by molar-refractivity contribution is 1.75. The molecule has 0 aliphatic rings. The molecule has 0 radical (unpaired) electrons. The van der Waals surface area contributed by atoms with Gasteiger partial charge in [-0.3, -0.25) is 0 Å². The molecule has 0 aromatic heterocycles. The zero-order valence-corrected chi connectivity index (χ0v) is 14.2. The maximum Gasteiger partial charge on any atom is 0.129 e. The Bertz CT molecular complexity index is 490. The molecule has 18 heavy (non-hydrogen) atoms. The fraction of sp³-hybridized carbons (Fsp3) is 0.375. The van der Waals surface area contributed by atoms with Gasteiger partial charge in [0.2, 0.25) is 0 Å². The monoisotopic (exact) mass is 268 g/mol. The van der Waals surface area contributed by atoms with Gasteiger partial charge in [0, 0.05) is 0 Å². The van der Waals surface area contributed by atoms with Crippen LogP contribution in [-0.4, -0.2) is 16.1 Å². The van der Waals surface area contributed by atoms with Crippen molar-refractivity contribution in [2.75, 3.05) is 0 Å². The normalized spacial score (nSPS) is 11.8. The Morgan fingerprint density at radius 3 is 1.11 bits per heavy atom. The molecular formula is C16H20Si2. The summed E-state index contributed by atoms with van der Waals surface area (Å²) in [6, 6.07) is 0. The maximum absolute atomic E-state index is 5.47. The van der Waals surface area contributed by atoms with E-state index in [2.05, 4.69) is 74.1 Å². The van der Waals surface area contributed by atoms with E-state index >= 15 is 0 Å². The summed E-state index contributed by atoms with van der Waals surface area (Å²) >= 11 is 0. The summed E-state index contributed by atoms with van der Waals surface area (Å²) in [5, 5.41) is 0. The molecule has 2 heteroatoms. The first kappa shape index (κ1) is 16.4. The smallest absolute Gasteiger partial charge is 0.126 e. The van der Waals surface area contributed by atoms with E-state index < -0.39 is 16.1 Å². The van der Waals surface area contributed by atoms with E-state index in [1.54, 1.807) is 0 Å². The minimum atomic E-state index is -1.45. The van der Waals surface area contributed by atoms with Gasteiger partial charge in [-0.25, -0.2) is 0 Å². The van der Waals surface area contributed by atoms with Crippen LogP contribution in [0.3, 0.4) is 0 Å². The van der Waals surface area contributed by atoms with Crippen molar-refractivity contribution in [3.8, 4) is 47.6 Å². The minimum absolute atomic E-state index is 0.547. The van der Waals surface area contributed by atoms with Crippen molar-refractivity contribution in [1.82, 2.24) is 0 Å². The summed E-state index contributed by atoms with van der Waals surface area (Å²) in [5.74, 6) is 11.2. The first-order valence-corrected chi connectivity index (χ1v) is 12.8. The third-order valence-corrected chi connectivity index (χ3v) is 3.41. The second-order valence-corrected chi connectivity index (χ2v) is 15.5. The van der Waals surface area contributed by atoms with Crippen LogP contribution in [0.15, 0.2) is 11.1 Å². The average molecular weight is 269 g/mol. The molecule has 0 bridgehead atoms. The standard InChI is InChI=1S/C16H20Si2/c1-9-15(11-13-17(3,4)5)16(10-2)12-14-18(6,7)8/h1-2H,3-8H3/b16-15-. The lowest BCUT2D eigenvalue weighted by Gasteiger charge is -2.04. The Morgan fingerprint density at radius 1 is 0.667 bits per heavy atom. The predicted molar refractivity (Wildman–Crippen MR) is 86.9 cm³/mol. The van der Waals surface area contributed by atoms with E-state index in [0.29, 0.717) is 11.1 Å². The third-order valence-electron chi connectivity index (χ3n) is 1.66. The predicted octanol–water partition coefficient (Wildman–Crippen LogP) is 3.31. The molecule has 0 saturated carbocycles. The second-order valence-electron chi connectivity index (χ2n) is 6.04. The first-order valence-electron chi connectivity index (χ1n) is 5.83. The van der Waals surface area contributed by atoms with Crippen LogP contribution in [0.1, 0.15) is 0 Å². The van der Waals surface area contributed by atoms with E-state index in [0.717, 1.165) is 0 Å². The summed E-state index contributed by atoms with van der Waals surface area (Å²) in [7, 11) is -2.91. The van der Waals surface area contributed by atoms with E-state index in [1.165, 1.54) is 0 Å². The number of allylic oxidation sites excluding steroid dienone is 2. The van der Waals surface area contributed by atoms with E-state index in [-0.39, 0.29) is 0 Å². The van der Waals surface area contributed by atoms with Gasteiger partial charge in [-0.1, -0.05) is 63.0 Å². The van der Waals surface area contributed by atoms with Crippen molar-refractivity contribution in [3.63, 3.8) is 0 Å². The Balaban J connectivity index is 5.61. The van der Waals surface area contributed by atoms with Gasteiger partial charge in [-0.05, 0) is 0 Å². The molecular weight excluding hydrogens is 248 g/mol. The molecule has 92 valence electrons.